The Balaban J connectivity index is 2.13. The Kier molecular flexibility index (Phi) is 5.03. The highest BCUT2D eigenvalue weighted by Crippen LogP contribution is 2.32. The van der Waals surface area contributed by atoms with Crippen LogP contribution >= 0.6 is 23.4 Å². The van der Waals surface area contributed by atoms with Crippen molar-refractivity contribution in [1.29, 1.82) is 0 Å². The summed E-state index contributed by atoms with van der Waals surface area (Å²) in [4.78, 5) is 36.4. The van der Waals surface area contributed by atoms with E-state index in [1.165, 1.54) is 0 Å². The van der Waals surface area contributed by atoms with Crippen molar-refractivity contribution in [1.82, 2.24) is 4.90 Å². The van der Waals surface area contributed by atoms with Crippen molar-refractivity contribution in [2.45, 2.75) is 6.92 Å². The molecule has 0 saturated carbocycles. The highest BCUT2D eigenvalue weighted by Gasteiger charge is 2.36. The Morgan fingerprint density at radius 3 is 2.62 bits per heavy atom. The van der Waals surface area contributed by atoms with Crippen molar-refractivity contribution in [3.05, 3.63) is 39.8 Å². The number of amides is 2. The molecular weight excluding hydrogens is 314 g/mol. The van der Waals surface area contributed by atoms with Crippen LogP contribution in [-0.4, -0.2) is 35.2 Å². The molecule has 21 heavy (non-hydrogen) atoms. The van der Waals surface area contributed by atoms with Gasteiger partial charge in [-0.15, -0.1) is 0 Å². The highest BCUT2D eigenvalue weighted by molar-refractivity contribution is 8.18. The molecule has 0 bridgehead atoms. The Bertz CT molecular complexity index is 612. The number of carbonyl (C=O) groups is 3. The summed E-state index contributed by atoms with van der Waals surface area (Å²) in [6.07, 6.45) is 1.59. The average Bonchev–Trinajstić information content (AvgIpc) is 2.69. The molecule has 1 aliphatic rings. The molecule has 0 aromatic heterocycles. The first kappa shape index (κ1) is 15.6. The molecular formula is C14H12ClNO4S. The first-order chi connectivity index (χ1) is 10.0. The molecule has 2 amide bonds. The fraction of sp³-hybridized carbons (Fsp3) is 0.214. The maximum absolute atomic E-state index is 12.1. The molecule has 0 spiro atoms. The molecule has 0 aliphatic carbocycles. The number of imide groups is 1. The van der Waals surface area contributed by atoms with E-state index in [0.29, 0.717) is 5.02 Å². The number of hydrogen-bond donors (Lipinski definition) is 0. The summed E-state index contributed by atoms with van der Waals surface area (Å²) < 4.78 is 4.74. The van der Waals surface area contributed by atoms with Gasteiger partial charge in [0.05, 0.1) is 11.5 Å². The SMILES string of the molecule is CCOC(=O)CN1C(=O)S/C(=C\c2ccc(Cl)cc2)C1=O. The summed E-state index contributed by atoms with van der Waals surface area (Å²) in [5.74, 6) is -1.10. The quantitative estimate of drug-likeness (QED) is 0.629. The number of benzene rings is 1. The summed E-state index contributed by atoms with van der Waals surface area (Å²) in [6.45, 7) is 1.50. The molecule has 1 aliphatic heterocycles. The van der Waals surface area contributed by atoms with E-state index in [1.807, 2.05) is 0 Å². The van der Waals surface area contributed by atoms with Crippen molar-refractivity contribution in [2.24, 2.45) is 0 Å². The number of carbonyl (C=O) groups excluding carboxylic acids is 3. The van der Waals surface area contributed by atoms with E-state index >= 15 is 0 Å². The molecule has 0 atom stereocenters. The standard InChI is InChI=1S/C14H12ClNO4S/c1-2-20-12(17)8-16-13(18)11(21-14(16)19)7-9-3-5-10(15)6-4-9/h3-7H,2,8H2,1H3/b11-7-. The summed E-state index contributed by atoms with van der Waals surface area (Å²) in [5, 5.41) is 0.107. The van der Waals surface area contributed by atoms with E-state index in [1.54, 1.807) is 37.3 Å². The minimum Gasteiger partial charge on any atom is -0.465 e. The van der Waals surface area contributed by atoms with Crippen LogP contribution in [0, 0.1) is 0 Å². The smallest absolute Gasteiger partial charge is 0.326 e. The normalized spacial score (nSPS) is 16.7. The number of nitrogens with zero attached hydrogens (tertiary/aromatic N) is 1. The van der Waals surface area contributed by atoms with Crippen molar-refractivity contribution in [3.63, 3.8) is 0 Å². The Hall–Kier alpha value is -1.79. The van der Waals surface area contributed by atoms with E-state index in [4.69, 9.17) is 16.3 Å². The fourth-order valence-corrected chi connectivity index (χ4v) is 2.65. The number of esters is 1. The van der Waals surface area contributed by atoms with Gasteiger partial charge in [0.1, 0.15) is 6.54 Å². The molecule has 1 heterocycles. The van der Waals surface area contributed by atoms with E-state index in [0.717, 1.165) is 22.2 Å². The van der Waals surface area contributed by atoms with Crippen molar-refractivity contribution in [2.75, 3.05) is 13.2 Å². The molecule has 1 aromatic rings. The highest BCUT2D eigenvalue weighted by atomic mass is 35.5. The Labute approximate surface area is 130 Å². The minimum atomic E-state index is -0.604. The van der Waals surface area contributed by atoms with Crippen LogP contribution in [0.5, 0.6) is 0 Å². The van der Waals surface area contributed by atoms with Gasteiger partial charge in [-0.05, 0) is 42.5 Å². The predicted octanol–water partition coefficient (Wildman–Crippen LogP) is 2.94. The van der Waals surface area contributed by atoms with Gasteiger partial charge < -0.3 is 4.74 Å². The van der Waals surface area contributed by atoms with Gasteiger partial charge in [-0.25, -0.2) is 0 Å². The third-order valence-corrected chi connectivity index (χ3v) is 3.79. The Morgan fingerprint density at radius 2 is 2.00 bits per heavy atom. The van der Waals surface area contributed by atoms with Crippen molar-refractivity contribution < 1.29 is 19.1 Å². The van der Waals surface area contributed by atoms with E-state index in [9.17, 15) is 14.4 Å². The van der Waals surface area contributed by atoms with Gasteiger partial charge in [0.15, 0.2) is 0 Å². The average molecular weight is 326 g/mol. The summed E-state index contributed by atoms with van der Waals surface area (Å²) in [5.41, 5.74) is 0.751. The number of hydrogen-bond acceptors (Lipinski definition) is 5. The maximum Gasteiger partial charge on any atom is 0.326 e. The van der Waals surface area contributed by atoms with Crippen LogP contribution in [0.1, 0.15) is 12.5 Å². The van der Waals surface area contributed by atoms with Gasteiger partial charge in [-0.2, -0.15) is 0 Å². The summed E-state index contributed by atoms with van der Waals surface area (Å²) in [6, 6.07) is 6.86. The lowest BCUT2D eigenvalue weighted by molar-refractivity contribution is -0.145. The summed E-state index contributed by atoms with van der Waals surface area (Å²) in [7, 11) is 0. The second kappa shape index (κ2) is 6.78. The zero-order chi connectivity index (χ0) is 15.4. The zero-order valence-electron chi connectivity index (χ0n) is 11.2. The molecule has 110 valence electrons. The van der Waals surface area contributed by atoms with Crippen LogP contribution in [0.25, 0.3) is 6.08 Å². The molecule has 0 unspecified atom stereocenters. The largest absolute Gasteiger partial charge is 0.465 e. The monoisotopic (exact) mass is 325 g/mol. The molecule has 0 radical (unpaired) electrons. The van der Waals surface area contributed by atoms with Crippen LogP contribution in [-0.2, 0) is 14.3 Å². The third-order valence-electron chi connectivity index (χ3n) is 2.63. The lowest BCUT2D eigenvalue weighted by atomic mass is 10.2. The van der Waals surface area contributed by atoms with Crippen molar-refractivity contribution in [3.8, 4) is 0 Å². The topological polar surface area (TPSA) is 63.7 Å². The Morgan fingerprint density at radius 1 is 1.33 bits per heavy atom. The zero-order valence-corrected chi connectivity index (χ0v) is 12.7. The van der Waals surface area contributed by atoms with Gasteiger partial charge in [0, 0.05) is 5.02 Å². The minimum absolute atomic E-state index is 0.204. The van der Waals surface area contributed by atoms with E-state index in [2.05, 4.69) is 0 Å². The molecule has 1 saturated heterocycles. The van der Waals surface area contributed by atoms with Crippen LogP contribution in [0.2, 0.25) is 5.02 Å². The molecule has 2 rings (SSSR count). The van der Waals surface area contributed by atoms with Crippen molar-refractivity contribution >= 4 is 46.6 Å². The van der Waals surface area contributed by atoms with Gasteiger partial charge in [-0.1, -0.05) is 23.7 Å². The number of halogens is 1. The first-order valence-corrected chi connectivity index (χ1v) is 7.37. The van der Waals surface area contributed by atoms with Crippen LogP contribution in [0.3, 0.4) is 0 Å². The molecule has 5 nitrogen and oxygen atoms in total. The predicted molar refractivity (Wildman–Crippen MR) is 80.8 cm³/mol. The van der Waals surface area contributed by atoms with Gasteiger partial charge >= 0.3 is 5.97 Å². The second-order valence-electron chi connectivity index (χ2n) is 4.12. The molecule has 1 fully saturated rings. The van der Waals surface area contributed by atoms with E-state index in [-0.39, 0.29) is 18.1 Å². The molecule has 1 aromatic carbocycles. The van der Waals surface area contributed by atoms with Crippen LogP contribution < -0.4 is 0 Å². The molecule has 0 N–H and O–H groups in total. The number of rotatable bonds is 4. The first-order valence-electron chi connectivity index (χ1n) is 6.18. The summed E-state index contributed by atoms with van der Waals surface area (Å²) >= 11 is 6.58. The van der Waals surface area contributed by atoms with Crippen LogP contribution in [0.15, 0.2) is 29.2 Å². The van der Waals surface area contributed by atoms with Gasteiger partial charge in [0.25, 0.3) is 11.1 Å². The lowest BCUT2D eigenvalue weighted by Crippen LogP contribution is -2.34. The third kappa shape index (κ3) is 3.86. The second-order valence-corrected chi connectivity index (χ2v) is 5.55. The maximum atomic E-state index is 12.1. The number of ether oxygens (including phenoxy) is 1. The fourth-order valence-electron chi connectivity index (χ4n) is 1.68. The lowest BCUT2D eigenvalue weighted by Gasteiger charge is -2.10. The van der Waals surface area contributed by atoms with Crippen LogP contribution in [0.4, 0.5) is 4.79 Å². The number of thioether (sulfide) groups is 1. The van der Waals surface area contributed by atoms with E-state index < -0.39 is 17.1 Å². The molecule has 7 heteroatoms. The van der Waals surface area contributed by atoms with Gasteiger partial charge in [0.2, 0.25) is 0 Å². The van der Waals surface area contributed by atoms with Gasteiger partial charge in [-0.3, -0.25) is 19.3 Å².